The Morgan fingerprint density at radius 3 is 3.00 bits per heavy atom. The maximum Gasteiger partial charge on any atom is 0.144 e. The molecule has 0 bridgehead atoms. The molecular weight excluding hydrogens is 226 g/mol. The Hall–Kier alpha value is -1.68. The second kappa shape index (κ2) is 4.21. The predicted molar refractivity (Wildman–Crippen MR) is 70.3 cm³/mol. The first-order chi connectivity index (χ1) is 8.70. The Balaban J connectivity index is 2.06. The summed E-state index contributed by atoms with van der Waals surface area (Å²) in [4.78, 5) is 8.60. The van der Waals surface area contributed by atoms with E-state index in [1.54, 1.807) is 6.33 Å². The van der Waals surface area contributed by atoms with E-state index in [9.17, 15) is 5.11 Å². The molecule has 2 aromatic rings. The lowest BCUT2D eigenvalue weighted by molar-refractivity contribution is 0.318. The number of hydrogen-bond acceptors (Lipinski definition) is 3. The van der Waals surface area contributed by atoms with Gasteiger partial charge in [0.2, 0.25) is 0 Å². The Morgan fingerprint density at radius 1 is 1.44 bits per heavy atom. The minimum absolute atomic E-state index is 0.158. The number of rotatable bonds is 2. The van der Waals surface area contributed by atoms with Crippen LogP contribution in [0.5, 0.6) is 0 Å². The highest BCUT2D eigenvalue weighted by molar-refractivity contribution is 5.78. The topological polar surface area (TPSA) is 50.9 Å². The lowest BCUT2D eigenvalue weighted by Gasteiger charge is -2.12. The molecule has 0 spiro atoms. The second-order valence-electron chi connectivity index (χ2n) is 5.02. The third-order valence-electron chi connectivity index (χ3n) is 3.88. The maximum atomic E-state index is 9.31. The van der Waals surface area contributed by atoms with Crippen molar-refractivity contribution < 1.29 is 5.11 Å². The van der Waals surface area contributed by atoms with Gasteiger partial charge in [-0.3, -0.25) is 0 Å². The molecule has 2 atom stereocenters. The normalized spacial score (nSPS) is 23.6. The fourth-order valence-electron chi connectivity index (χ4n) is 2.76. The van der Waals surface area contributed by atoms with Gasteiger partial charge in [-0.2, -0.15) is 0 Å². The van der Waals surface area contributed by atoms with Gasteiger partial charge in [-0.05, 0) is 30.9 Å². The molecule has 1 N–H and O–H groups in total. The van der Waals surface area contributed by atoms with E-state index in [0.29, 0.717) is 12.0 Å². The van der Waals surface area contributed by atoms with Crippen molar-refractivity contribution in [3.05, 3.63) is 35.9 Å². The van der Waals surface area contributed by atoms with E-state index in [0.717, 1.165) is 28.7 Å². The summed E-state index contributed by atoms with van der Waals surface area (Å²) in [7, 11) is 0. The fourth-order valence-corrected chi connectivity index (χ4v) is 2.76. The molecule has 18 heavy (non-hydrogen) atoms. The first-order valence-corrected chi connectivity index (χ1v) is 6.30. The van der Waals surface area contributed by atoms with Crippen molar-refractivity contribution in [1.29, 1.82) is 0 Å². The molecule has 0 radical (unpaired) electrons. The van der Waals surface area contributed by atoms with Crippen LogP contribution in [-0.2, 0) is 0 Å². The zero-order chi connectivity index (χ0) is 12.7. The number of allylic oxidation sites excluding steroid dienone is 1. The highest BCUT2D eigenvalue weighted by Crippen LogP contribution is 2.35. The third kappa shape index (κ3) is 1.64. The Bertz CT molecular complexity index is 615. The molecule has 1 aliphatic rings. The number of aliphatic hydroxyl groups excluding tert-OH is 1. The molecule has 4 nitrogen and oxygen atoms in total. The summed E-state index contributed by atoms with van der Waals surface area (Å²) in [5.41, 5.74) is 3.12. The quantitative estimate of drug-likeness (QED) is 0.823. The number of aliphatic hydroxyl groups is 1. The zero-order valence-electron chi connectivity index (χ0n) is 10.7. The van der Waals surface area contributed by atoms with Gasteiger partial charge in [-0.15, -0.1) is 0 Å². The summed E-state index contributed by atoms with van der Waals surface area (Å²) in [6, 6.07) is 2.37. The monoisotopic (exact) mass is 243 g/mol. The molecule has 0 aromatic carbocycles. The van der Waals surface area contributed by atoms with Crippen LogP contribution in [0.25, 0.3) is 11.0 Å². The lowest BCUT2D eigenvalue weighted by atomic mass is 10.0. The van der Waals surface area contributed by atoms with Gasteiger partial charge in [0, 0.05) is 11.6 Å². The van der Waals surface area contributed by atoms with Crippen molar-refractivity contribution in [3.63, 3.8) is 0 Å². The Morgan fingerprint density at radius 2 is 2.28 bits per heavy atom. The van der Waals surface area contributed by atoms with Crippen LogP contribution >= 0.6 is 0 Å². The smallest absolute Gasteiger partial charge is 0.144 e. The molecule has 1 aliphatic carbocycles. The molecule has 2 unspecified atom stereocenters. The van der Waals surface area contributed by atoms with E-state index < -0.39 is 0 Å². The van der Waals surface area contributed by atoms with Gasteiger partial charge in [0.25, 0.3) is 0 Å². The molecule has 94 valence electrons. The molecule has 0 amide bonds. The van der Waals surface area contributed by atoms with Crippen molar-refractivity contribution in [3.8, 4) is 0 Å². The van der Waals surface area contributed by atoms with E-state index in [2.05, 4.69) is 39.8 Å². The van der Waals surface area contributed by atoms with Gasteiger partial charge < -0.3 is 9.67 Å². The molecule has 2 heterocycles. The summed E-state index contributed by atoms with van der Waals surface area (Å²) in [6.07, 6.45) is 6.88. The first-order valence-electron chi connectivity index (χ1n) is 6.30. The number of hydrogen-bond donors (Lipinski definition) is 1. The fraction of sp³-hybridized carbons (Fsp3) is 0.429. The summed E-state index contributed by atoms with van der Waals surface area (Å²) in [5, 5.41) is 10.4. The highest BCUT2D eigenvalue weighted by Gasteiger charge is 2.24. The Labute approximate surface area is 106 Å². The van der Waals surface area contributed by atoms with E-state index in [4.69, 9.17) is 0 Å². The summed E-state index contributed by atoms with van der Waals surface area (Å²) >= 11 is 0. The van der Waals surface area contributed by atoms with Gasteiger partial charge >= 0.3 is 0 Å². The predicted octanol–water partition coefficient (Wildman–Crippen LogP) is 2.24. The van der Waals surface area contributed by atoms with Gasteiger partial charge in [-0.1, -0.05) is 13.0 Å². The molecule has 0 fully saturated rings. The summed E-state index contributed by atoms with van der Waals surface area (Å²) in [5.74, 6) is 0.445. The van der Waals surface area contributed by atoms with E-state index in [-0.39, 0.29) is 6.61 Å². The van der Waals surface area contributed by atoms with Crippen LogP contribution in [0.3, 0.4) is 0 Å². The van der Waals surface area contributed by atoms with Crippen LogP contribution in [0.15, 0.2) is 30.2 Å². The van der Waals surface area contributed by atoms with Crippen molar-refractivity contribution >= 4 is 11.0 Å². The average molecular weight is 243 g/mol. The third-order valence-corrected chi connectivity index (χ3v) is 3.88. The molecule has 0 saturated heterocycles. The second-order valence-corrected chi connectivity index (χ2v) is 5.02. The van der Waals surface area contributed by atoms with E-state index >= 15 is 0 Å². The van der Waals surface area contributed by atoms with Gasteiger partial charge in [-0.25, -0.2) is 9.97 Å². The van der Waals surface area contributed by atoms with Crippen molar-refractivity contribution in [2.45, 2.75) is 26.3 Å². The van der Waals surface area contributed by atoms with Gasteiger partial charge in [0.15, 0.2) is 0 Å². The van der Waals surface area contributed by atoms with Crippen molar-refractivity contribution in [1.82, 2.24) is 14.5 Å². The minimum atomic E-state index is 0.158. The lowest BCUT2D eigenvalue weighted by Crippen LogP contribution is -2.05. The van der Waals surface area contributed by atoms with E-state index in [1.165, 1.54) is 0 Å². The number of aromatic nitrogens is 3. The van der Waals surface area contributed by atoms with Crippen molar-refractivity contribution in [2.75, 3.05) is 6.61 Å². The molecule has 4 heteroatoms. The van der Waals surface area contributed by atoms with E-state index in [1.807, 2.05) is 6.92 Å². The molecule has 2 aromatic heterocycles. The van der Waals surface area contributed by atoms with Crippen LogP contribution in [0.1, 0.15) is 25.1 Å². The van der Waals surface area contributed by atoms with Gasteiger partial charge in [0.05, 0.1) is 18.3 Å². The van der Waals surface area contributed by atoms with Crippen LogP contribution in [-0.4, -0.2) is 26.2 Å². The van der Waals surface area contributed by atoms with Crippen LogP contribution in [0, 0.1) is 12.8 Å². The largest absolute Gasteiger partial charge is 0.392 e. The summed E-state index contributed by atoms with van der Waals surface area (Å²) < 4.78 is 2.18. The molecule has 0 aliphatic heterocycles. The average Bonchev–Trinajstić information content (AvgIpc) is 2.93. The van der Waals surface area contributed by atoms with Crippen molar-refractivity contribution in [2.24, 2.45) is 5.92 Å². The van der Waals surface area contributed by atoms with Gasteiger partial charge in [0.1, 0.15) is 12.0 Å². The highest BCUT2D eigenvalue weighted by atomic mass is 16.3. The van der Waals surface area contributed by atoms with Crippen LogP contribution in [0.4, 0.5) is 0 Å². The number of aryl methyl sites for hydroxylation is 1. The molecule has 3 rings (SSSR count). The zero-order valence-corrected chi connectivity index (χ0v) is 10.7. The SMILES string of the molecule is Cc1ncnc2c1ccn2C1C=C(CO)C(C)C1. The molecular formula is C14H17N3O. The Kier molecular flexibility index (Phi) is 2.67. The molecule has 0 saturated carbocycles. The van der Waals surface area contributed by atoms with Crippen LogP contribution in [0.2, 0.25) is 0 Å². The van der Waals surface area contributed by atoms with Crippen LogP contribution < -0.4 is 0 Å². The first kappa shape index (κ1) is 11.4. The minimum Gasteiger partial charge on any atom is -0.392 e. The standard InChI is InChI=1S/C14H17N3O/c1-9-5-12(6-11(9)7-18)17-4-3-13-10(2)15-8-16-14(13)17/h3-4,6,8-9,12,18H,5,7H2,1-2H3. The summed E-state index contributed by atoms with van der Waals surface area (Å²) in [6.45, 7) is 4.32. The number of fused-ring (bicyclic) bond motifs is 1. The number of nitrogens with zero attached hydrogens (tertiary/aromatic N) is 3. The maximum absolute atomic E-state index is 9.31.